The molecule has 138 valence electrons. The van der Waals surface area contributed by atoms with E-state index in [-0.39, 0.29) is 5.60 Å². The van der Waals surface area contributed by atoms with Gasteiger partial charge in [0.2, 0.25) is 5.91 Å². The Balaban J connectivity index is 1.50. The fourth-order valence-electron chi connectivity index (χ4n) is 5.16. The molecule has 0 radical (unpaired) electrons. The lowest BCUT2D eigenvalue weighted by Crippen LogP contribution is -2.54. The van der Waals surface area contributed by atoms with Crippen LogP contribution in [0.5, 0.6) is 0 Å². The fraction of sp³-hybridized carbons (Fsp3) is 0.950. The standard InChI is InChI=1S/C20H36N2O2/c1-3-21(4-2)18-9-14-24-20(16-18)10-12-22(13-11-20)19(23)15-17-7-5-6-8-17/h17-18H,3-16H2,1-2H3. The molecule has 1 spiro atoms. The maximum atomic E-state index is 12.6. The summed E-state index contributed by atoms with van der Waals surface area (Å²) >= 11 is 0. The normalized spacial score (nSPS) is 28.0. The monoisotopic (exact) mass is 336 g/mol. The maximum absolute atomic E-state index is 12.6. The summed E-state index contributed by atoms with van der Waals surface area (Å²) in [5.74, 6) is 1.05. The highest BCUT2D eigenvalue weighted by Crippen LogP contribution is 2.37. The first-order valence-electron chi connectivity index (χ1n) is 10.3. The molecule has 1 aliphatic carbocycles. The van der Waals surface area contributed by atoms with Gasteiger partial charge in [0.1, 0.15) is 0 Å². The third-order valence-electron chi connectivity index (χ3n) is 6.76. The Labute approximate surface area is 147 Å². The van der Waals surface area contributed by atoms with Crippen LogP contribution in [0.3, 0.4) is 0 Å². The molecule has 1 amide bonds. The zero-order chi connectivity index (χ0) is 17.0. The van der Waals surface area contributed by atoms with Gasteiger partial charge in [0.05, 0.1) is 5.60 Å². The molecule has 0 aromatic rings. The predicted octanol–water partition coefficient (Wildman–Crippen LogP) is 3.45. The maximum Gasteiger partial charge on any atom is 0.222 e. The number of carbonyl (C=O) groups is 1. The van der Waals surface area contributed by atoms with Crippen LogP contribution in [0.25, 0.3) is 0 Å². The van der Waals surface area contributed by atoms with Gasteiger partial charge >= 0.3 is 0 Å². The first-order valence-corrected chi connectivity index (χ1v) is 10.3. The average molecular weight is 337 g/mol. The van der Waals surface area contributed by atoms with E-state index in [2.05, 4.69) is 23.6 Å². The van der Waals surface area contributed by atoms with E-state index >= 15 is 0 Å². The molecule has 1 saturated carbocycles. The molecule has 4 heteroatoms. The number of rotatable bonds is 5. The van der Waals surface area contributed by atoms with Gasteiger partial charge in [-0.25, -0.2) is 0 Å². The third-order valence-corrected chi connectivity index (χ3v) is 6.76. The molecule has 3 aliphatic rings. The third kappa shape index (κ3) is 4.13. The van der Waals surface area contributed by atoms with Crippen molar-refractivity contribution in [1.29, 1.82) is 0 Å². The Bertz CT molecular complexity index is 408. The summed E-state index contributed by atoms with van der Waals surface area (Å²) in [6, 6.07) is 0.662. The molecule has 2 saturated heterocycles. The second kappa shape index (κ2) is 8.18. The van der Waals surface area contributed by atoms with Gasteiger partial charge in [-0.2, -0.15) is 0 Å². The molecule has 2 heterocycles. The molecule has 2 aliphatic heterocycles. The fourth-order valence-corrected chi connectivity index (χ4v) is 5.16. The number of piperidine rings is 1. The average Bonchev–Trinajstić information content (AvgIpc) is 3.10. The highest BCUT2D eigenvalue weighted by atomic mass is 16.5. The molecular formula is C20H36N2O2. The first kappa shape index (κ1) is 18.2. The second-order valence-electron chi connectivity index (χ2n) is 8.13. The Morgan fingerprint density at radius 1 is 1.12 bits per heavy atom. The number of amides is 1. The van der Waals surface area contributed by atoms with Crippen molar-refractivity contribution >= 4 is 5.91 Å². The topological polar surface area (TPSA) is 32.8 Å². The highest BCUT2D eigenvalue weighted by molar-refractivity contribution is 5.76. The van der Waals surface area contributed by atoms with Crippen molar-refractivity contribution in [3.8, 4) is 0 Å². The van der Waals surface area contributed by atoms with Crippen molar-refractivity contribution in [2.75, 3.05) is 32.8 Å². The Kier molecular flexibility index (Phi) is 6.20. The number of carbonyl (C=O) groups excluding carboxylic acids is 1. The van der Waals surface area contributed by atoms with Gasteiger partial charge in [-0.05, 0) is 57.5 Å². The smallest absolute Gasteiger partial charge is 0.222 e. The molecule has 3 rings (SSSR count). The Hall–Kier alpha value is -0.610. The summed E-state index contributed by atoms with van der Waals surface area (Å²) < 4.78 is 6.27. The minimum absolute atomic E-state index is 0.0373. The van der Waals surface area contributed by atoms with Crippen molar-refractivity contribution in [1.82, 2.24) is 9.80 Å². The van der Waals surface area contributed by atoms with Crippen molar-refractivity contribution in [3.63, 3.8) is 0 Å². The number of likely N-dealkylation sites (tertiary alicyclic amines) is 1. The summed E-state index contributed by atoms with van der Waals surface area (Å²) in [7, 11) is 0. The molecule has 3 fully saturated rings. The van der Waals surface area contributed by atoms with Gasteiger partial charge in [0.15, 0.2) is 0 Å². The van der Waals surface area contributed by atoms with E-state index in [9.17, 15) is 4.79 Å². The van der Waals surface area contributed by atoms with E-state index in [1.54, 1.807) is 0 Å². The van der Waals surface area contributed by atoms with E-state index < -0.39 is 0 Å². The minimum atomic E-state index is 0.0373. The van der Waals surface area contributed by atoms with Crippen LogP contribution in [-0.2, 0) is 9.53 Å². The molecule has 0 aromatic carbocycles. The number of nitrogens with zero attached hydrogens (tertiary/aromatic N) is 2. The largest absolute Gasteiger partial charge is 0.375 e. The first-order chi connectivity index (χ1) is 11.7. The molecule has 0 bridgehead atoms. The minimum Gasteiger partial charge on any atom is -0.375 e. The molecule has 4 nitrogen and oxygen atoms in total. The van der Waals surface area contributed by atoms with Crippen LogP contribution in [0, 0.1) is 5.92 Å². The molecule has 0 aromatic heterocycles. The number of hydrogen-bond acceptors (Lipinski definition) is 3. The summed E-state index contributed by atoms with van der Waals surface area (Å²) in [6.07, 6.45) is 10.3. The Morgan fingerprint density at radius 2 is 1.79 bits per heavy atom. The molecule has 0 N–H and O–H groups in total. The van der Waals surface area contributed by atoms with Crippen LogP contribution >= 0.6 is 0 Å². The molecular weight excluding hydrogens is 300 g/mol. The number of hydrogen-bond donors (Lipinski definition) is 0. The molecule has 24 heavy (non-hydrogen) atoms. The molecule has 1 unspecified atom stereocenters. The van der Waals surface area contributed by atoms with E-state index in [1.165, 1.54) is 25.7 Å². The van der Waals surface area contributed by atoms with E-state index in [0.29, 0.717) is 17.9 Å². The summed E-state index contributed by atoms with van der Waals surface area (Å²) in [6.45, 7) is 9.46. The van der Waals surface area contributed by atoms with Crippen molar-refractivity contribution in [3.05, 3.63) is 0 Å². The zero-order valence-electron chi connectivity index (χ0n) is 15.8. The van der Waals surface area contributed by atoms with Gasteiger partial charge in [-0.15, -0.1) is 0 Å². The van der Waals surface area contributed by atoms with Gasteiger partial charge in [0.25, 0.3) is 0 Å². The van der Waals surface area contributed by atoms with Crippen molar-refractivity contribution in [2.45, 2.75) is 83.3 Å². The second-order valence-corrected chi connectivity index (χ2v) is 8.13. The lowest BCUT2D eigenvalue weighted by molar-refractivity contribution is -0.149. The van der Waals surface area contributed by atoms with Crippen LogP contribution in [0.15, 0.2) is 0 Å². The summed E-state index contributed by atoms with van der Waals surface area (Å²) in [5, 5.41) is 0. The Morgan fingerprint density at radius 3 is 2.42 bits per heavy atom. The van der Waals surface area contributed by atoms with Gasteiger partial charge in [-0.1, -0.05) is 26.7 Å². The zero-order valence-corrected chi connectivity index (χ0v) is 15.8. The number of ether oxygens (including phenoxy) is 1. The quantitative estimate of drug-likeness (QED) is 0.771. The lowest BCUT2D eigenvalue weighted by atomic mass is 9.81. The van der Waals surface area contributed by atoms with Gasteiger partial charge in [-0.3, -0.25) is 4.79 Å². The van der Waals surface area contributed by atoms with Crippen LogP contribution in [0.1, 0.15) is 71.6 Å². The predicted molar refractivity (Wildman–Crippen MR) is 97.0 cm³/mol. The SMILES string of the molecule is CCN(CC)C1CCOC2(CCN(C(=O)CC3CCCC3)CC2)C1. The van der Waals surface area contributed by atoms with E-state index in [4.69, 9.17) is 4.74 Å². The highest BCUT2D eigenvalue weighted by Gasteiger charge is 2.42. The van der Waals surface area contributed by atoms with E-state index in [1.807, 2.05) is 0 Å². The van der Waals surface area contributed by atoms with Crippen LogP contribution in [0.4, 0.5) is 0 Å². The van der Waals surface area contributed by atoms with Crippen LogP contribution in [-0.4, -0.2) is 60.1 Å². The van der Waals surface area contributed by atoms with Crippen LogP contribution in [0.2, 0.25) is 0 Å². The molecule has 1 atom stereocenters. The lowest BCUT2D eigenvalue weighted by Gasteiger charge is -2.48. The van der Waals surface area contributed by atoms with Crippen molar-refractivity contribution in [2.24, 2.45) is 5.92 Å². The van der Waals surface area contributed by atoms with Gasteiger partial charge < -0.3 is 14.5 Å². The summed E-state index contributed by atoms with van der Waals surface area (Å²) in [4.78, 5) is 17.3. The van der Waals surface area contributed by atoms with Gasteiger partial charge in [0, 0.05) is 32.2 Å². The summed E-state index contributed by atoms with van der Waals surface area (Å²) in [5.41, 5.74) is 0.0373. The van der Waals surface area contributed by atoms with Crippen molar-refractivity contribution < 1.29 is 9.53 Å². The van der Waals surface area contributed by atoms with E-state index in [0.717, 1.165) is 64.9 Å². The van der Waals surface area contributed by atoms with Crippen LogP contribution < -0.4 is 0 Å².